The predicted molar refractivity (Wildman–Crippen MR) is 75.8 cm³/mol. The van der Waals surface area contributed by atoms with Crippen molar-refractivity contribution in [2.75, 3.05) is 13.2 Å². The zero-order valence-electron chi connectivity index (χ0n) is 12.1. The van der Waals surface area contributed by atoms with Crippen molar-refractivity contribution in [1.29, 1.82) is 0 Å². The molecule has 19 heavy (non-hydrogen) atoms. The lowest BCUT2D eigenvalue weighted by Gasteiger charge is -2.27. The van der Waals surface area contributed by atoms with E-state index in [0.29, 0.717) is 18.1 Å². The Morgan fingerprint density at radius 1 is 1.47 bits per heavy atom. The van der Waals surface area contributed by atoms with Gasteiger partial charge in [0.25, 0.3) is 0 Å². The lowest BCUT2D eigenvalue weighted by atomic mass is 9.87. The molecule has 0 saturated carbocycles. The first-order valence-electron chi connectivity index (χ1n) is 7.21. The van der Waals surface area contributed by atoms with E-state index in [4.69, 9.17) is 4.74 Å². The third-order valence-electron chi connectivity index (χ3n) is 4.16. The highest BCUT2D eigenvalue weighted by Crippen LogP contribution is 2.26. The van der Waals surface area contributed by atoms with E-state index in [1.165, 1.54) is 5.56 Å². The molecule has 3 heteroatoms. The smallest absolute Gasteiger partial charge is 0.123 e. The van der Waals surface area contributed by atoms with Crippen LogP contribution in [0.15, 0.2) is 18.2 Å². The number of ether oxygens (including phenoxy) is 1. The van der Waals surface area contributed by atoms with Gasteiger partial charge in [0.15, 0.2) is 0 Å². The van der Waals surface area contributed by atoms with E-state index in [1.54, 1.807) is 12.1 Å². The van der Waals surface area contributed by atoms with Gasteiger partial charge in [-0.2, -0.15) is 0 Å². The van der Waals surface area contributed by atoms with Crippen molar-refractivity contribution in [3.63, 3.8) is 0 Å². The zero-order chi connectivity index (χ0) is 13.8. The van der Waals surface area contributed by atoms with Gasteiger partial charge in [0, 0.05) is 18.6 Å². The van der Waals surface area contributed by atoms with Crippen LogP contribution in [0.1, 0.15) is 31.4 Å². The molecule has 0 aromatic heterocycles. The van der Waals surface area contributed by atoms with Gasteiger partial charge in [0.1, 0.15) is 5.82 Å². The third kappa shape index (κ3) is 3.54. The Balaban J connectivity index is 2.11. The topological polar surface area (TPSA) is 21.3 Å². The van der Waals surface area contributed by atoms with Crippen LogP contribution in [0.25, 0.3) is 0 Å². The highest BCUT2D eigenvalue weighted by atomic mass is 19.1. The van der Waals surface area contributed by atoms with Gasteiger partial charge in [-0.05, 0) is 56.5 Å². The van der Waals surface area contributed by atoms with Crippen molar-refractivity contribution in [3.05, 3.63) is 35.1 Å². The molecule has 1 saturated heterocycles. The summed E-state index contributed by atoms with van der Waals surface area (Å²) in [5, 5.41) is 3.57. The van der Waals surface area contributed by atoms with Gasteiger partial charge in [-0.15, -0.1) is 0 Å². The molecule has 0 amide bonds. The second-order valence-electron chi connectivity index (χ2n) is 5.47. The quantitative estimate of drug-likeness (QED) is 0.883. The highest BCUT2D eigenvalue weighted by Gasteiger charge is 2.31. The molecule has 0 radical (unpaired) electrons. The van der Waals surface area contributed by atoms with Crippen molar-refractivity contribution in [3.8, 4) is 0 Å². The van der Waals surface area contributed by atoms with Gasteiger partial charge in [0.05, 0.1) is 6.10 Å². The fourth-order valence-electron chi connectivity index (χ4n) is 3.04. The van der Waals surface area contributed by atoms with E-state index in [2.05, 4.69) is 19.2 Å². The average Bonchev–Trinajstić information content (AvgIpc) is 2.78. The van der Waals surface area contributed by atoms with Crippen LogP contribution >= 0.6 is 0 Å². The first-order valence-corrected chi connectivity index (χ1v) is 7.21. The van der Waals surface area contributed by atoms with Gasteiger partial charge < -0.3 is 10.1 Å². The molecule has 1 fully saturated rings. The number of halogens is 1. The van der Waals surface area contributed by atoms with E-state index in [1.807, 2.05) is 13.0 Å². The number of hydrogen-bond acceptors (Lipinski definition) is 2. The summed E-state index contributed by atoms with van der Waals surface area (Å²) in [5.74, 6) is 0.392. The van der Waals surface area contributed by atoms with Crippen LogP contribution < -0.4 is 5.32 Å². The van der Waals surface area contributed by atoms with Gasteiger partial charge in [0.2, 0.25) is 0 Å². The zero-order valence-corrected chi connectivity index (χ0v) is 12.1. The molecule has 1 N–H and O–H groups in total. The minimum absolute atomic E-state index is 0.154. The Labute approximate surface area is 115 Å². The van der Waals surface area contributed by atoms with E-state index in [0.717, 1.165) is 31.6 Å². The van der Waals surface area contributed by atoms with Crippen LogP contribution in [0, 0.1) is 18.7 Å². The normalized spacial score (nSPS) is 24.6. The first kappa shape index (κ1) is 14.5. The number of rotatable bonds is 5. The summed E-state index contributed by atoms with van der Waals surface area (Å²) in [6.07, 6.45) is 2.36. The fourth-order valence-corrected chi connectivity index (χ4v) is 3.04. The summed E-state index contributed by atoms with van der Waals surface area (Å²) in [6.45, 7) is 8.07. The van der Waals surface area contributed by atoms with Gasteiger partial charge in [-0.1, -0.05) is 13.0 Å². The van der Waals surface area contributed by atoms with Gasteiger partial charge >= 0.3 is 0 Å². The second-order valence-corrected chi connectivity index (χ2v) is 5.47. The number of nitrogens with one attached hydrogen (secondary N) is 1. The van der Waals surface area contributed by atoms with Gasteiger partial charge in [-0.3, -0.25) is 0 Å². The maximum Gasteiger partial charge on any atom is 0.123 e. The maximum absolute atomic E-state index is 13.2. The molecule has 1 aliphatic heterocycles. The SMILES string of the molecule is CCNC(Cc1ccc(F)cc1C)C1CCOC1C. The number of hydrogen-bond donors (Lipinski definition) is 1. The van der Waals surface area contributed by atoms with Crippen LogP contribution in [0.4, 0.5) is 4.39 Å². The molecule has 0 bridgehead atoms. The Hall–Kier alpha value is -0.930. The Kier molecular flexibility index (Phi) is 4.94. The van der Waals surface area contributed by atoms with Crippen LogP contribution in [-0.2, 0) is 11.2 Å². The Morgan fingerprint density at radius 2 is 2.26 bits per heavy atom. The monoisotopic (exact) mass is 265 g/mol. The third-order valence-corrected chi connectivity index (χ3v) is 4.16. The molecule has 3 unspecified atom stereocenters. The van der Waals surface area contributed by atoms with E-state index < -0.39 is 0 Å². The van der Waals surface area contributed by atoms with Crippen molar-refractivity contribution in [2.45, 2.75) is 45.8 Å². The lowest BCUT2D eigenvalue weighted by Crippen LogP contribution is -2.41. The van der Waals surface area contributed by atoms with Crippen LogP contribution in [0.3, 0.4) is 0 Å². The summed E-state index contributed by atoms with van der Waals surface area (Å²) in [4.78, 5) is 0. The molecule has 2 nitrogen and oxygen atoms in total. The highest BCUT2D eigenvalue weighted by molar-refractivity contribution is 5.27. The number of aryl methyl sites for hydroxylation is 1. The average molecular weight is 265 g/mol. The molecule has 1 aromatic rings. The maximum atomic E-state index is 13.2. The van der Waals surface area contributed by atoms with Crippen molar-refractivity contribution in [2.24, 2.45) is 5.92 Å². The van der Waals surface area contributed by atoms with Crippen molar-refractivity contribution < 1.29 is 9.13 Å². The number of likely N-dealkylation sites (N-methyl/N-ethyl adjacent to an activating group) is 1. The predicted octanol–water partition coefficient (Wildman–Crippen LogP) is 3.08. The van der Waals surface area contributed by atoms with E-state index in [-0.39, 0.29) is 5.82 Å². The van der Waals surface area contributed by atoms with Crippen LogP contribution in [0.2, 0.25) is 0 Å². The van der Waals surface area contributed by atoms with E-state index in [9.17, 15) is 4.39 Å². The molecule has 0 spiro atoms. The minimum Gasteiger partial charge on any atom is -0.378 e. The molecule has 1 aromatic carbocycles. The first-order chi connectivity index (χ1) is 9.11. The Bertz CT molecular complexity index is 421. The van der Waals surface area contributed by atoms with Crippen LogP contribution in [0.5, 0.6) is 0 Å². The summed E-state index contributed by atoms with van der Waals surface area (Å²) in [5.41, 5.74) is 2.26. The molecule has 1 aliphatic rings. The van der Waals surface area contributed by atoms with Crippen molar-refractivity contribution >= 4 is 0 Å². The molecule has 1 heterocycles. The molecular formula is C16H24FNO. The van der Waals surface area contributed by atoms with E-state index >= 15 is 0 Å². The fraction of sp³-hybridized carbons (Fsp3) is 0.625. The van der Waals surface area contributed by atoms with Crippen molar-refractivity contribution in [1.82, 2.24) is 5.32 Å². The summed E-state index contributed by atoms with van der Waals surface area (Å²) < 4.78 is 18.8. The summed E-state index contributed by atoms with van der Waals surface area (Å²) >= 11 is 0. The summed E-state index contributed by atoms with van der Waals surface area (Å²) in [7, 11) is 0. The minimum atomic E-state index is -0.154. The van der Waals surface area contributed by atoms with Gasteiger partial charge in [-0.25, -0.2) is 4.39 Å². The summed E-state index contributed by atoms with van der Waals surface area (Å²) in [6, 6.07) is 5.49. The molecule has 3 atom stereocenters. The molecule has 2 rings (SSSR count). The standard InChI is InChI=1S/C16H24FNO/c1-4-18-16(15-7-8-19-12(15)3)10-13-5-6-14(17)9-11(13)2/h5-6,9,12,15-16,18H,4,7-8,10H2,1-3H3. The molecule has 106 valence electrons. The Morgan fingerprint density at radius 3 is 2.84 bits per heavy atom. The lowest BCUT2D eigenvalue weighted by molar-refractivity contribution is 0.0955. The molecular weight excluding hydrogens is 241 g/mol. The molecule has 0 aliphatic carbocycles. The largest absolute Gasteiger partial charge is 0.378 e. The second kappa shape index (κ2) is 6.49. The number of benzene rings is 1. The van der Waals surface area contributed by atoms with Crippen LogP contribution in [-0.4, -0.2) is 25.3 Å².